The first-order chi connectivity index (χ1) is 13.1. The topological polar surface area (TPSA) is 101 Å². The molecule has 0 spiro atoms. The highest BCUT2D eigenvalue weighted by Crippen LogP contribution is 2.25. The smallest absolute Gasteiger partial charge is 0.292 e. The van der Waals surface area contributed by atoms with E-state index in [-0.39, 0.29) is 42.4 Å². The summed E-state index contributed by atoms with van der Waals surface area (Å²) in [5, 5.41) is 7.45. The number of carbonyl (C=O) groups is 2. The van der Waals surface area contributed by atoms with Crippen molar-refractivity contribution in [3.8, 4) is 11.3 Å². The van der Waals surface area contributed by atoms with E-state index in [4.69, 9.17) is 21.9 Å². The summed E-state index contributed by atoms with van der Waals surface area (Å²) in [5.41, 5.74) is 6.74. The van der Waals surface area contributed by atoms with Crippen molar-refractivity contribution >= 4 is 35.8 Å². The SMILES string of the molecule is Cl.NCCC(=O)NCC1CCCCN1C(=O)c1cc(-c2cccc(Cl)c2)no1. The molecule has 2 heterocycles. The highest BCUT2D eigenvalue weighted by molar-refractivity contribution is 6.30. The van der Waals surface area contributed by atoms with Gasteiger partial charge >= 0.3 is 0 Å². The largest absolute Gasteiger partial charge is 0.354 e. The molecule has 1 fully saturated rings. The third-order valence-corrected chi connectivity index (χ3v) is 4.87. The van der Waals surface area contributed by atoms with E-state index < -0.39 is 0 Å². The Labute approximate surface area is 175 Å². The van der Waals surface area contributed by atoms with E-state index in [1.165, 1.54) is 0 Å². The maximum absolute atomic E-state index is 12.9. The standard InChI is InChI=1S/C19H23ClN4O3.ClH/c20-14-5-3-4-13(10-14)16-11-17(27-23-16)19(26)24-9-2-1-6-15(24)12-22-18(25)7-8-21;/h3-5,10-11,15H,1-2,6-9,12,21H2,(H,22,25);1H. The number of hydrogen-bond donors (Lipinski definition) is 2. The molecule has 1 aromatic carbocycles. The van der Waals surface area contributed by atoms with Gasteiger partial charge in [-0.25, -0.2) is 0 Å². The average Bonchev–Trinajstić information content (AvgIpc) is 3.16. The van der Waals surface area contributed by atoms with Crippen LogP contribution in [0.15, 0.2) is 34.9 Å². The summed E-state index contributed by atoms with van der Waals surface area (Å²) in [4.78, 5) is 26.4. The van der Waals surface area contributed by atoms with Crippen LogP contribution in [0.25, 0.3) is 11.3 Å². The first-order valence-corrected chi connectivity index (χ1v) is 9.46. The van der Waals surface area contributed by atoms with Crippen molar-refractivity contribution in [3.05, 3.63) is 41.1 Å². The molecule has 152 valence electrons. The first-order valence-electron chi connectivity index (χ1n) is 9.09. The van der Waals surface area contributed by atoms with E-state index in [1.54, 1.807) is 23.1 Å². The molecule has 2 aromatic rings. The van der Waals surface area contributed by atoms with E-state index in [2.05, 4.69) is 10.5 Å². The van der Waals surface area contributed by atoms with Crippen LogP contribution in [0.4, 0.5) is 0 Å². The summed E-state index contributed by atoms with van der Waals surface area (Å²) in [6.45, 7) is 1.35. The van der Waals surface area contributed by atoms with Gasteiger partial charge in [-0.2, -0.15) is 0 Å². The van der Waals surface area contributed by atoms with Crippen molar-refractivity contribution in [2.45, 2.75) is 31.7 Å². The third kappa shape index (κ3) is 5.47. The minimum Gasteiger partial charge on any atom is -0.354 e. The Kier molecular flexibility index (Phi) is 8.29. The molecule has 1 unspecified atom stereocenters. The minimum absolute atomic E-state index is 0. The van der Waals surface area contributed by atoms with Gasteiger partial charge in [-0.15, -0.1) is 12.4 Å². The van der Waals surface area contributed by atoms with Crippen molar-refractivity contribution in [3.63, 3.8) is 0 Å². The van der Waals surface area contributed by atoms with Crippen LogP contribution in [0, 0.1) is 0 Å². The number of halogens is 2. The fourth-order valence-corrected chi connectivity index (χ4v) is 3.42. The third-order valence-electron chi connectivity index (χ3n) is 4.64. The number of nitrogens with two attached hydrogens (primary N) is 1. The summed E-state index contributed by atoms with van der Waals surface area (Å²) < 4.78 is 5.30. The number of rotatable bonds is 6. The van der Waals surface area contributed by atoms with Crippen LogP contribution >= 0.6 is 24.0 Å². The second kappa shape index (κ2) is 10.5. The summed E-state index contributed by atoms with van der Waals surface area (Å²) in [6, 6.07) is 8.78. The molecule has 1 saturated heterocycles. The van der Waals surface area contributed by atoms with Gasteiger partial charge in [-0.3, -0.25) is 9.59 Å². The Morgan fingerprint density at radius 3 is 2.89 bits per heavy atom. The van der Waals surface area contributed by atoms with Crippen LogP contribution in [-0.4, -0.2) is 47.5 Å². The summed E-state index contributed by atoms with van der Waals surface area (Å²) in [5.74, 6) is -0.128. The molecule has 0 saturated carbocycles. The van der Waals surface area contributed by atoms with Gasteiger partial charge in [-0.1, -0.05) is 28.9 Å². The van der Waals surface area contributed by atoms with Gasteiger partial charge in [0, 0.05) is 48.7 Å². The zero-order chi connectivity index (χ0) is 19.2. The van der Waals surface area contributed by atoms with Crippen LogP contribution in [0.2, 0.25) is 5.02 Å². The summed E-state index contributed by atoms with van der Waals surface area (Å²) >= 11 is 6.01. The van der Waals surface area contributed by atoms with Gasteiger partial charge in [0.1, 0.15) is 5.69 Å². The summed E-state index contributed by atoms with van der Waals surface area (Å²) in [7, 11) is 0. The molecule has 1 aromatic heterocycles. The number of carbonyl (C=O) groups excluding carboxylic acids is 2. The van der Waals surface area contributed by atoms with Crippen LogP contribution in [0.5, 0.6) is 0 Å². The lowest BCUT2D eigenvalue weighted by molar-refractivity contribution is -0.121. The van der Waals surface area contributed by atoms with E-state index in [0.29, 0.717) is 30.4 Å². The second-order valence-corrected chi connectivity index (χ2v) is 7.01. The molecule has 0 radical (unpaired) electrons. The van der Waals surface area contributed by atoms with Gasteiger partial charge in [0.25, 0.3) is 5.91 Å². The molecule has 3 N–H and O–H groups in total. The lowest BCUT2D eigenvalue weighted by Crippen LogP contribution is -2.49. The number of likely N-dealkylation sites (tertiary alicyclic amines) is 1. The van der Waals surface area contributed by atoms with Crippen LogP contribution in [0.3, 0.4) is 0 Å². The fourth-order valence-electron chi connectivity index (χ4n) is 3.23. The number of hydrogen-bond acceptors (Lipinski definition) is 5. The van der Waals surface area contributed by atoms with E-state index >= 15 is 0 Å². The summed E-state index contributed by atoms with van der Waals surface area (Å²) in [6.07, 6.45) is 3.06. The van der Waals surface area contributed by atoms with Gasteiger partial charge in [-0.05, 0) is 31.4 Å². The predicted octanol–water partition coefficient (Wildman–Crippen LogP) is 2.88. The Balaban J connectivity index is 0.00000280. The van der Waals surface area contributed by atoms with Crippen LogP contribution in [-0.2, 0) is 4.79 Å². The average molecular weight is 427 g/mol. The number of amides is 2. The van der Waals surface area contributed by atoms with E-state index in [0.717, 1.165) is 24.8 Å². The van der Waals surface area contributed by atoms with Crippen molar-refractivity contribution in [1.29, 1.82) is 0 Å². The molecule has 0 bridgehead atoms. The molecule has 0 aliphatic carbocycles. The normalized spacial score (nSPS) is 16.4. The molecule has 1 aliphatic rings. The number of aromatic nitrogens is 1. The number of piperidine rings is 1. The monoisotopic (exact) mass is 426 g/mol. The van der Waals surface area contributed by atoms with Crippen LogP contribution in [0.1, 0.15) is 36.2 Å². The number of benzene rings is 1. The zero-order valence-corrected chi connectivity index (χ0v) is 17.0. The van der Waals surface area contributed by atoms with Gasteiger partial charge in [0.05, 0.1) is 0 Å². The highest BCUT2D eigenvalue weighted by atomic mass is 35.5. The van der Waals surface area contributed by atoms with E-state index in [9.17, 15) is 9.59 Å². The molecular weight excluding hydrogens is 403 g/mol. The number of nitrogens with zero attached hydrogens (tertiary/aromatic N) is 2. The maximum atomic E-state index is 12.9. The van der Waals surface area contributed by atoms with Crippen molar-refractivity contribution < 1.29 is 14.1 Å². The van der Waals surface area contributed by atoms with Crippen molar-refractivity contribution in [2.75, 3.05) is 19.6 Å². The Morgan fingerprint density at radius 1 is 1.32 bits per heavy atom. The second-order valence-electron chi connectivity index (χ2n) is 6.58. The van der Waals surface area contributed by atoms with Crippen molar-refractivity contribution in [2.24, 2.45) is 5.73 Å². The van der Waals surface area contributed by atoms with Gasteiger partial charge in [0.15, 0.2) is 0 Å². The molecule has 1 aliphatic heterocycles. The minimum atomic E-state index is -0.214. The molecule has 9 heteroatoms. The maximum Gasteiger partial charge on any atom is 0.292 e. The lowest BCUT2D eigenvalue weighted by Gasteiger charge is -2.35. The quantitative estimate of drug-likeness (QED) is 0.738. The van der Waals surface area contributed by atoms with Gasteiger partial charge < -0.3 is 20.5 Å². The molecule has 3 rings (SSSR count). The van der Waals surface area contributed by atoms with Crippen LogP contribution < -0.4 is 11.1 Å². The first kappa shape index (κ1) is 22.2. The predicted molar refractivity (Wildman–Crippen MR) is 110 cm³/mol. The Morgan fingerprint density at radius 2 is 2.14 bits per heavy atom. The Hall–Kier alpha value is -2.09. The highest BCUT2D eigenvalue weighted by Gasteiger charge is 2.30. The van der Waals surface area contributed by atoms with Gasteiger partial charge in [0.2, 0.25) is 11.7 Å². The molecule has 28 heavy (non-hydrogen) atoms. The lowest BCUT2D eigenvalue weighted by atomic mass is 10.0. The Bertz CT molecular complexity index is 812. The molecule has 2 amide bonds. The molecule has 1 atom stereocenters. The number of nitrogens with one attached hydrogen (secondary N) is 1. The molecule has 7 nitrogen and oxygen atoms in total. The zero-order valence-electron chi connectivity index (χ0n) is 15.4. The van der Waals surface area contributed by atoms with E-state index in [1.807, 2.05) is 12.1 Å². The molecular formula is C19H24Cl2N4O3. The fraction of sp³-hybridized carbons (Fsp3) is 0.421. The van der Waals surface area contributed by atoms with Crippen molar-refractivity contribution in [1.82, 2.24) is 15.4 Å².